The van der Waals surface area contributed by atoms with Gasteiger partial charge in [-0.25, -0.2) is 9.18 Å². The van der Waals surface area contributed by atoms with Gasteiger partial charge in [0.2, 0.25) is 0 Å². The fraction of sp³-hybridized carbons (Fsp3) is 0.143. The second-order valence-electron chi connectivity index (χ2n) is 6.22. The van der Waals surface area contributed by atoms with Gasteiger partial charge in [-0.3, -0.25) is 4.79 Å². The topological polar surface area (TPSA) is 87.1 Å². The molecular weight excluding hydrogens is 365 g/mol. The van der Waals surface area contributed by atoms with Crippen molar-refractivity contribution in [1.82, 2.24) is 4.90 Å². The van der Waals surface area contributed by atoms with Crippen molar-refractivity contribution in [3.05, 3.63) is 94.3 Å². The fourth-order valence-corrected chi connectivity index (χ4v) is 2.87. The third-order valence-corrected chi connectivity index (χ3v) is 4.31. The lowest BCUT2D eigenvalue weighted by Gasteiger charge is -2.31. The van der Waals surface area contributed by atoms with Gasteiger partial charge in [-0.15, -0.1) is 0 Å². The third kappa shape index (κ3) is 4.20. The van der Waals surface area contributed by atoms with Gasteiger partial charge >= 0.3 is 5.97 Å². The van der Waals surface area contributed by atoms with Gasteiger partial charge < -0.3 is 19.8 Å². The number of carbonyl (C=O) groups excluding carboxylic acids is 1. The zero-order chi connectivity index (χ0) is 20.1. The monoisotopic (exact) mass is 383 g/mol. The first kappa shape index (κ1) is 19.2. The van der Waals surface area contributed by atoms with Crippen LogP contribution in [0.2, 0.25) is 0 Å². The Morgan fingerprint density at radius 1 is 1.11 bits per heavy atom. The quantitative estimate of drug-likeness (QED) is 0.714. The summed E-state index contributed by atoms with van der Waals surface area (Å²) in [5.41, 5.74) is 1.22. The van der Waals surface area contributed by atoms with Crippen LogP contribution in [-0.2, 0) is 27.5 Å². The van der Waals surface area contributed by atoms with Crippen molar-refractivity contribution in [1.29, 1.82) is 0 Å². The number of carboxylic acids is 1. The van der Waals surface area contributed by atoms with Crippen molar-refractivity contribution in [2.75, 3.05) is 6.54 Å². The number of carbonyl (C=O) groups is 2. The van der Waals surface area contributed by atoms with E-state index in [4.69, 9.17) is 4.74 Å². The Morgan fingerprint density at radius 2 is 1.79 bits per heavy atom. The summed E-state index contributed by atoms with van der Waals surface area (Å²) in [4.78, 5) is 24.8. The third-order valence-electron chi connectivity index (χ3n) is 4.31. The summed E-state index contributed by atoms with van der Waals surface area (Å²) in [5.74, 6) is -2.47. The molecule has 1 heterocycles. The Kier molecular flexibility index (Phi) is 5.74. The number of hydrogen-bond donors (Lipinski definition) is 2. The second kappa shape index (κ2) is 8.39. The summed E-state index contributed by atoms with van der Waals surface area (Å²) in [6.45, 7) is 0.0102. The number of benzene rings is 2. The van der Waals surface area contributed by atoms with Gasteiger partial charge in [0, 0.05) is 6.54 Å². The maximum atomic E-state index is 13.1. The highest BCUT2D eigenvalue weighted by molar-refractivity contribution is 5.90. The smallest absolute Gasteiger partial charge is 0.337 e. The molecule has 0 spiro atoms. The molecule has 0 aromatic heterocycles. The van der Waals surface area contributed by atoms with E-state index in [0.717, 1.165) is 5.56 Å². The first-order chi connectivity index (χ1) is 13.5. The van der Waals surface area contributed by atoms with Crippen molar-refractivity contribution in [2.45, 2.75) is 13.2 Å². The summed E-state index contributed by atoms with van der Waals surface area (Å²) in [6.07, 6.45) is 0.513. The SMILES string of the molecule is O=CC1=C(OCc2ccccc2)C(O)=C(C(=O)O)CN1Cc1ccc(F)cc1. The van der Waals surface area contributed by atoms with Crippen LogP contribution in [0, 0.1) is 5.82 Å². The summed E-state index contributed by atoms with van der Waals surface area (Å²) in [6, 6.07) is 14.7. The molecule has 2 aromatic carbocycles. The van der Waals surface area contributed by atoms with Crippen LogP contribution in [0.25, 0.3) is 0 Å². The van der Waals surface area contributed by atoms with E-state index < -0.39 is 17.5 Å². The van der Waals surface area contributed by atoms with E-state index in [1.165, 1.54) is 17.0 Å². The number of hydrogen-bond acceptors (Lipinski definition) is 5. The van der Waals surface area contributed by atoms with Crippen molar-refractivity contribution in [3.63, 3.8) is 0 Å². The summed E-state index contributed by atoms with van der Waals surface area (Å²) in [5, 5.41) is 19.8. The van der Waals surface area contributed by atoms with Crippen LogP contribution in [0.15, 0.2) is 77.4 Å². The van der Waals surface area contributed by atoms with E-state index in [9.17, 15) is 24.2 Å². The Balaban J connectivity index is 1.93. The van der Waals surface area contributed by atoms with Gasteiger partial charge in [0.25, 0.3) is 0 Å². The van der Waals surface area contributed by atoms with Crippen molar-refractivity contribution < 1.29 is 28.9 Å². The Morgan fingerprint density at radius 3 is 2.39 bits per heavy atom. The van der Waals surface area contributed by atoms with E-state index in [1.54, 1.807) is 24.3 Å². The summed E-state index contributed by atoms with van der Waals surface area (Å²) in [7, 11) is 0. The molecule has 144 valence electrons. The molecule has 1 aliphatic rings. The predicted molar refractivity (Wildman–Crippen MR) is 98.4 cm³/mol. The van der Waals surface area contributed by atoms with Crippen LogP contribution in [-0.4, -0.2) is 33.9 Å². The molecule has 0 saturated heterocycles. The molecule has 0 saturated carbocycles. The van der Waals surface area contributed by atoms with E-state index >= 15 is 0 Å². The largest absolute Gasteiger partial charge is 0.504 e. The number of rotatable bonds is 7. The average molecular weight is 383 g/mol. The minimum atomic E-state index is -1.31. The molecule has 0 atom stereocenters. The highest BCUT2D eigenvalue weighted by Crippen LogP contribution is 2.28. The summed E-state index contributed by atoms with van der Waals surface area (Å²) < 4.78 is 18.8. The van der Waals surface area contributed by atoms with Gasteiger partial charge in [0.05, 0.1) is 6.54 Å². The molecule has 2 N–H and O–H groups in total. The highest BCUT2D eigenvalue weighted by atomic mass is 19.1. The minimum Gasteiger partial charge on any atom is -0.504 e. The average Bonchev–Trinajstić information content (AvgIpc) is 2.70. The van der Waals surface area contributed by atoms with Gasteiger partial charge in [0.1, 0.15) is 23.7 Å². The molecule has 0 amide bonds. The number of allylic oxidation sites excluding steroid dienone is 1. The Bertz CT molecular complexity index is 935. The zero-order valence-corrected chi connectivity index (χ0v) is 14.8. The van der Waals surface area contributed by atoms with Crippen molar-refractivity contribution in [3.8, 4) is 0 Å². The van der Waals surface area contributed by atoms with Crippen LogP contribution in [0.4, 0.5) is 4.39 Å². The first-order valence-corrected chi connectivity index (χ1v) is 8.51. The van der Waals surface area contributed by atoms with Gasteiger partial charge in [-0.2, -0.15) is 0 Å². The number of aldehydes is 1. The molecular formula is C21H18FNO5. The van der Waals surface area contributed by atoms with E-state index in [-0.39, 0.29) is 36.7 Å². The maximum absolute atomic E-state index is 13.1. The van der Waals surface area contributed by atoms with Gasteiger partial charge in [-0.05, 0) is 23.3 Å². The maximum Gasteiger partial charge on any atom is 0.337 e. The van der Waals surface area contributed by atoms with Crippen LogP contribution in [0.1, 0.15) is 11.1 Å². The Labute approximate surface area is 160 Å². The van der Waals surface area contributed by atoms with E-state index in [1.807, 2.05) is 18.2 Å². The Hall–Kier alpha value is -3.61. The molecule has 0 bridgehead atoms. The normalized spacial score (nSPS) is 14.2. The molecule has 28 heavy (non-hydrogen) atoms. The number of halogens is 1. The molecule has 0 fully saturated rings. The predicted octanol–water partition coefficient (Wildman–Crippen LogP) is 3.17. The number of ether oxygens (including phenoxy) is 1. The van der Waals surface area contributed by atoms with Crippen LogP contribution >= 0.6 is 0 Å². The fourth-order valence-electron chi connectivity index (χ4n) is 2.87. The standard InChI is InChI=1S/C21H18FNO5/c22-16-8-6-14(7-9-16)10-23-11-17(21(26)27)19(25)20(18(23)12-24)28-13-15-4-2-1-3-5-15/h1-9,12,25H,10-11,13H2,(H,26,27). The lowest BCUT2D eigenvalue weighted by Crippen LogP contribution is -2.34. The molecule has 0 radical (unpaired) electrons. The molecule has 3 rings (SSSR count). The molecule has 0 aliphatic carbocycles. The minimum absolute atomic E-state index is 0.0303. The van der Waals surface area contributed by atoms with Gasteiger partial charge in [-0.1, -0.05) is 42.5 Å². The molecule has 1 aliphatic heterocycles. The van der Waals surface area contributed by atoms with Crippen molar-refractivity contribution in [2.24, 2.45) is 0 Å². The number of aliphatic carboxylic acids is 1. The van der Waals surface area contributed by atoms with E-state index in [0.29, 0.717) is 11.8 Å². The number of aliphatic hydroxyl groups excluding tert-OH is 1. The summed E-state index contributed by atoms with van der Waals surface area (Å²) >= 11 is 0. The second-order valence-corrected chi connectivity index (χ2v) is 6.22. The highest BCUT2D eigenvalue weighted by Gasteiger charge is 2.31. The lowest BCUT2D eigenvalue weighted by atomic mass is 10.1. The van der Waals surface area contributed by atoms with Gasteiger partial charge in [0.15, 0.2) is 17.8 Å². The zero-order valence-electron chi connectivity index (χ0n) is 14.8. The van der Waals surface area contributed by atoms with Crippen LogP contribution < -0.4 is 0 Å². The van der Waals surface area contributed by atoms with Crippen LogP contribution in [0.3, 0.4) is 0 Å². The number of nitrogens with zero attached hydrogens (tertiary/aromatic N) is 1. The van der Waals surface area contributed by atoms with Crippen LogP contribution in [0.5, 0.6) is 0 Å². The number of aliphatic hydroxyl groups is 1. The molecule has 6 nitrogen and oxygen atoms in total. The molecule has 0 unspecified atom stereocenters. The lowest BCUT2D eigenvalue weighted by molar-refractivity contribution is -0.133. The molecule has 7 heteroatoms. The van der Waals surface area contributed by atoms with Crippen molar-refractivity contribution >= 4 is 12.3 Å². The molecule has 2 aromatic rings. The number of carboxylic acid groups (broad SMARTS) is 1. The first-order valence-electron chi connectivity index (χ1n) is 8.51. The van der Waals surface area contributed by atoms with E-state index in [2.05, 4.69) is 0 Å².